The molecule has 3 nitrogen and oxygen atoms in total. The standard InChI is InChI=1S/C13H9FO3/c14-10-3-5-12(6-4-10)17-13-8-7-11(16-13)2-1-9-15/h3-8,15H,9H2. The minimum atomic E-state index is -0.328. The fraction of sp³-hybridized carbons (Fsp3) is 0.0769. The maximum absolute atomic E-state index is 12.6. The first kappa shape index (κ1) is 11.2. The van der Waals surface area contributed by atoms with Crippen molar-refractivity contribution in [1.82, 2.24) is 0 Å². The smallest absolute Gasteiger partial charge is 0.291 e. The fourth-order valence-electron chi connectivity index (χ4n) is 1.19. The van der Waals surface area contributed by atoms with E-state index in [4.69, 9.17) is 14.3 Å². The monoisotopic (exact) mass is 232 g/mol. The molecule has 17 heavy (non-hydrogen) atoms. The molecule has 4 heteroatoms. The number of furan rings is 1. The highest BCUT2D eigenvalue weighted by Gasteiger charge is 2.02. The van der Waals surface area contributed by atoms with E-state index in [9.17, 15) is 4.39 Å². The van der Waals surface area contributed by atoms with Gasteiger partial charge in [-0.1, -0.05) is 5.92 Å². The number of aliphatic hydroxyl groups is 1. The lowest BCUT2D eigenvalue weighted by atomic mass is 10.3. The second-order valence-electron chi connectivity index (χ2n) is 3.13. The summed E-state index contributed by atoms with van der Waals surface area (Å²) in [5.41, 5.74) is 0. The number of halogens is 1. The van der Waals surface area contributed by atoms with Gasteiger partial charge in [0.1, 0.15) is 18.2 Å². The van der Waals surface area contributed by atoms with Crippen molar-refractivity contribution in [2.45, 2.75) is 0 Å². The summed E-state index contributed by atoms with van der Waals surface area (Å²) in [5, 5.41) is 8.51. The predicted octanol–water partition coefficient (Wildman–Crippen LogP) is 2.55. The second-order valence-corrected chi connectivity index (χ2v) is 3.13. The van der Waals surface area contributed by atoms with Gasteiger partial charge >= 0.3 is 0 Å². The summed E-state index contributed by atoms with van der Waals surface area (Å²) in [7, 11) is 0. The van der Waals surface area contributed by atoms with E-state index >= 15 is 0 Å². The topological polar surface area (TPSA) is 42.6 Å². The Labute approximate surface area is 97.5 Å². The van der Waals surface area contributed by atoms with Gasteiger partial charge in [0.2, 0.25) is 0 Å². The van der Waals surface area contributed by atoms with Gasteiger partial charge in [0.05, 0.1) is 0 Å². The first-order valence-electron chi connectivity index (χ1n) is 4.91. The molecule has 0 fully saturated rings. The first-order chi connectivity index (χ1) is 8.28. The fourth-order valence-corrected chi connectivity index (χ4v) is 1.19. The highest BCUT2D eigenvalue weighted by molar-refractivity contribution is 5.31. The van der Waals surface area contributed by atoms with E-state index in [1.54, 1.807) is 12.1 Å². The van der Waals surface area contributed by atoms with Gasteiger partial charge in [0.15, 0.2) is 5.76 Å². The highest BCUT2D eigenvalue weighted by atomic mass is 19.1. The molecule has 0 unspecified atom stereocenters. The number of benzene rings is 1. The van der Waals surface area contributed by atoms with Gasteiger partial charge in [0, 0.05) is 6.07 Å². The van der Waals surface area contributed by atoms with E-state index < -0.39 is 0 Å². The first-order valence-corrected chi connectivity index (χ1v) is 4.91. The van der Waals surface area contributed by atoms with Gasteiger partial charge in [0.25, 0.3) is 5.95 Å². The van der Waals surface area contributed by atoms with Crippen LogP contribution in [-0.2, 0) is 0 Å². The molecule has 0 radical (unpaired) electrons. The van der Waals surface area contributed by atoms with E-state index in [-0.39, 0.29) is 18.4 Å². The Hall–Kier alpha value is -2.25. The van der Waals surface area contributed by atoms with Crippen LogP contribution in [0, 0.1) is 17.7 Å². The molecule has 1 N–H and O–H groups in total. The average molecular weight is 232 g/mol. The summed E-state index contributed by atoms with van der Waals surface area (Å²) < 4.78 is 23.2. The van der Waals surface area contributed by atoms with Crippen LogP contribution in [0.25, 0.3) is 0 Å². The summed E-state index contributed by atoms with van der Waals surface area (Å²) >= 11 is 0. The third-order valence-corrected chi connectivity index (χ3v) is 1.90. The Kier molecular flexibility index (Phi) is 3.43. The Morgan fingerprint density at radius 1 is 1.18 bits per heavy atom. The molecule has 0 spiro atoms. The normalized spacial score (nSPS) is 9.53. The molecule has 0 aliphatic heterocycles. The van der Waals surface area contributed by atoms with E-state index in [0.29, 0.717) is 11.5 Å². The predicted molar refractivity (Wildman–Crippen MR) is 59.1 cm³/mol. The van der Waals surface area contributed by atoms with Gasteiger partial charge in [-0.05, 0) is 36.3 Å². The Bertz CT molecular complexity index is 546. The highest BCUT2D eigenvalue weighted by Crippen LogP contribution is 2.23. The Morgan fingerprint density at radius 3 is 2.65 bits per heavy atom. The van der Waals surface area contributed by atoms with Crippen LogP contribution in [0.4, 0.5) is 4.39 Å². The Morgan fingerprint density at radius 2 is 1.94 bits per heavy atom. The minimum absolute atomic E-state index is 0.227. The van der Waals surface area contributed by atoms with Crippen molar-refractivity contribution < 1.29 is 18.7 Å². The molecule has 0 saturated heterocycles. The number of aliphatic hydroxyl groups excluding tert-OH is 1. The van der Waals surface area contributed by atoms with Crippen LogP contribution in [0.2, 0.25) is 0 Å². The van der Waals surface area contributed by atoms with Crippen LogP contribution in [-0.4, -0.2) is 11.7 Å². The molecule has 1 heterocycles. The van der Waals surface area contributed by atoms with Crippen LogP contribution >= 0.6 is 0 Å². The van der Waals surface area contributed by atoms with Gasteiger partial charge in [-0.3, -0.25) is 0 Å². The molecule has 1 aromatic carbocycles. The van der Waals surface area contributed by atoms with Crippen LogP contribution in [0.15, 0.2) is 40.8 Å². The second kappa shape index (κ2) is 5.19. The number of ether oxygens (including phenoxy) is 1. The zero-order chi connectivity index (χ0) is 12.1. The van der Waals surface area contributed by atoms with Crippen LogP contribution in [0.1, 0.15) is 5.76 Å². The molecule has 1 aromatic heterocycles. The van der Waals surface area contributed by atoms with Gasteiger partial charge in [-0.25, -0.2) is 4.39 Å². The third kappa shape index (κ3) is 3.10. The summed E-state index contributed by atoms with van der Waals surface area (Å²) in [4.78, 5) is 0. The molecule has 0 aliphatic carbocycles. The van der Waals surface area contributed by atoms with Crippen molar-refractivity contribution in [1.29, 1.82) is 0 Å². The maximum atomic E-state index is 12.6. The van der Waals surface area contributed by atoms with Crippen molar-refractivity contribution in [2.75, 3.05) is 6.61 Å². The number of hydrogen-bond donors (Lipinski definition) is 1. The zero-order valence-electron chi connectivity index (χ0n) is 8.81. The molecular weight excluding hydrogens is 223 g/mol. The molecule has 0 saturated carbocycles. The van der Waals surface area contributed by atoms with Gasteiger partial charge in [-0.15, -0.1) is 0 Å². The summed E-state index contributed by atoms with van der Waals surface area (Å²) in [6, 6.07) is 8.82. The SMILES string of the molecule is OCC#Cc1ccc(Oc2ccc(F)cc2)o1. The molecular formula is C13H9FO3. The maximum Gasteiger partial charge on any atom is 0.291 e. The van der Waals surface area contributed by atoms with E-state index in [1.807, 2.05) is 0 Å². The summed E-state index contributed by atoms with van der Waals surface area (Å²) in [6.07, 6.45) is 0. The van der Waals surface area contributed by atoms with Crippen molar-refractivity contribution in [3.05, 3.63) is 48.0 Å². The van der Waals surface area contributed by atoms with Crippen molar-refractivity contribution >= 4 is 0 Å². The molecule has 0 bridgehead atoms. The minimum Gasteiger partial charge on any atom is -0.426 e. The lowest BCUT2D eigenvalue weighted by molar-refractivity contribution is 0.341. The molecule has 0 atom stereocenters. The van der Waals surface area contributed by atoms with E-state index in [0.717, 1.165) is 0 Å². The molecule has 2 aromatic rings. The van der Waals surface area contributed by atoms with Crippen LogP contribution in [0.3, 0.4) is 0 Å². The zero-order valence-corrected chi connectivity index (χ0v) is 8.81. The van der Waals surface area contributed by atoms with Crippen LogP contribution in [0.5, 0.6) is 11.7 Å². The number of hydrogen-bond acceptors (Lipinski definition) is 3. The van der Waals surface area contributed by atoms with Crippen molar-refractivity contribution in [3.8, 4) is 23.5 Å². The van der Waals surface area contributed by atoms with Gasteiger partial charge in [-0.2, -0.15) is 0 Å². The van der Waals surface area contributed by atoms with Gasteiger partial charge < -0.3 is 14.3 Å². The van der Waals surface area contributed by atoms with Crippen molar-refractivity contribution in [3.63, 3.8) is 0 Å². The lowest BCUT2D eigenvalue weighted by Gasteiger charge is -2.00. The number of rotatable bonds is 2. The van der Waals surface area contributed by atoms with E-state index in [1.165, 1.54) is 24.3 Å². The van der Waals surface area contributed by atoms with Crippen LogP contribution < -0.4 is 4.74 Å². The average Bonchev–Trinajstić information content (AvgIpc) is 2.77. The molecule has 0 aliphatic rings. The molecule has 0 amide bonds. The quantitative estimate of drug-likeness (QED) is 0.809. The molecule has 2 rings (SSSR count). The largest absolute Gasteiger partial charge is 0.426 e. The molecule has 86 valence electrons. The third-order valence-electron chi connectivity index (χ3n) is 1.90. The van der Waals surface area contributed by atoms with E-state index in [2.05, 4.69) is 11.8 Å². The van der Waals surface area contributed by atoms with Crippen molar-refractivity contribution in [2.24, 2.45) is 0 Å². The summed E-state index contributed by atoms with van der Waals surface area (Å²) in [5.74, 6) is 5.87. The Balaban J connectivity index is 2.08. The lowest BCUT2D eigenvalue weighted by Crippen LogP contribution is -1.81. The summed E-state index contributed by atoms with van der Waals surface area (Å²) in [6.45, 7) is -0.227.